The van der Waals surface area contributed by atoms with Crippen molar-refractivity contribution in [2.75, 3.05) is 0 Å². The first kappa shape index (κ1) is 29.7. The van der Waals surface area contributed by atoms with Crippen LogP contribution >= 0.6 is 0 Å². The average Bonchev–Trinajstić information content (AvgIpc) is 1.47. The molecule has 0 saturated heterocycles. The molecule has 1 radical (unpaired) electrons. The van der Waals surface area contributed by atoms with Gasteiger partial charge in [-0.1, -0.05) is 158 Å². The summed E-state index contributed by atoms with van der Waals surface area (Å²) in [6.45, 7) is -12.7. The summed E-state index contributed by atoms with van der Waals surface area (Å²) in [6.07, 6.45) is 5.93. The molecule has 4 heteroatoms. The van der Waals surface area contributed by atoms with E-state index in [-0.39, 0.29) is 70.3 Å². The van der Waals surface area contributed by atoms with Gasteiger partial charge in [0, 0.05) is 59.8 Å². The third-order valence-electron chi connectivity index (χ3n) is 12.8. The Hall–Kier alpha value is -6.97. The molecule has 3 nitrogen and oxygen atoms in total. The number of hydrogen-bond donors (Lipinski definition) is 0. The Morgan fingerprint density at radius 3 is 2.06 bits per heavy atom. The normalized spacial score (nSPS) is 17.5. The average molecular weight is 1070 g/mol. The molecule has 0 spiro atoms. The summed E-state index contributed by atoms with van der Waals surface area (Å²) in [4.78, 5) is 8.78. The van der Waals surface area contributed by atoms with Crippen LogP contribution in [0.1, 0.15) is 86.9 Å². The fourth-order valence-corrected chi connectivity index (χ4v) is 9.33. The molecule has 0 N–H and O–H groups in total. The molecule has 0 aliphatic heterocycles. The number of hydrogen-bond acceptors (Lipinski definition) is 3. The van der Waals surface area contributed by atoms with E-state index >= 15 is 0 Å². The van der Waals surface area contributed by atoms with Crippen molar-refractivity contribution in [3.8, 4) is 55.9 Å². The third-order valence-corrected chi connectivity index (χ3v) is 12.8. The minimum atomic E-state index is -2.77. The van der Waals surface area contributed by atoms with Gasteiger partial charge in [-0.25, -0.2) is 0 Å². The largest absolute Gasteiger partial charge is 0.501 e. The summed E-state index contributed by atoms with van der Waals surface area (Å²) < 4.78 is 138. The molecular weight excluding hydrogens is 1000 g/mol. The van der Waals surface area contributed by atoms with E-state index in [0.717, 1.165) is 69.1 Å². The van der Waals surface area contributed by atoms with E-state index in [1.165, 1.54) is 42.7 Å². The van der Waals surface area contributed by atoms with Gasteiger partial charge in [-0.05, 0) is 147 Å². The maximum absolute atomic E-state index is 8.93. The van der Waals surface area contributed by atoms with Crippen LogP contribution in [0, 0.1) is 46.4 Å². The van der Waals surface area contributed by atoms with E-state index in [2.05, 4.69) is 52.4 Å². The molecule has 0 amide bonds. The molecule has 0 bridgehead atoms. The van der Waals surface area contributed by atoms with Gasteiger partial charge in [-0.2, -0.15) is 0 Å². The first-order valence-corrected chi connectivity index (χ1v) is 22.2. The predicted octanol–water partition coefficient (Wildman–Crippen LogP) is 17.5. The van der Waals surface area contributed by atoms with Crippen LogP contribution in [0.3, 0.4) is 0 Å². The summed E-state index contributed by atoms with van der Waals surface area (Å²) in [6, 6.07) is 53.0. The summed E-state index contributed by atoms with van der Waals surface area (Å²) in [7, 11) is 0. The van der Waals surface area contributed by atoms with Crippen LogP contribution in [0.25, 0.3) is 99.4 Å². The van der Waals surface area contributed by atoms with Gasteiger partial charge in [0.1, 0.15) is 5.58 Å². The number of pyridine rings is 2. The smallest absolute Gasteiger partial charge is 0.121 e. The van der Waals surface area contributed by atoms with Crippen LogP contribution in [0.15, 0.2) is 175 Å². The number of aromatic nitrogens is 2. The number of fused-ring (bicyclic) bond motifs is 6. The van der Waals surface area contributed by atoms with E-state index in [9.17, 15) is 0 Å². The quantitative estimate of drug-likeness (QED) is 0.123. The first-order valence-electron chi connectivity index (χ1n) is 30.2. The van der Waals surface area contributed by atoms with Crippen molar-refractivity contribution >= 4 is 43.5 Å². The molecule has 3 heterocycles. The minimum Gasteiger partial charge on any atom is -0.501 e. The molecule has 68 heavy (non-hydrogen) atoms. The Labute approximate surface area is 435 Å². The molecule has 8 aromatic carbocycles. The maximum atomic E-state index is 8.93. The van der Waals surface area contributed by atoms with Gasteiger partial charge in [0.25, 0.3) is 0 Å². The van der Waals surface area contributed by atoms with Gasteiger partial charge >= 0.3 is 0 Å². The van der Waals surface area contributed by atoms with Crippen molar-refractivity contribution in [3.05, 3.63) is 216 Å². The molecule has 11 aromatic rings. The topological polar surface area (TPSA) is 38.9 Å². The van der Waals surface area contributed by atoms with Crippen LogP contribution in [0.5, 0.6) is 0 Å². The molecular formula is C64H52IrN2O-2. The summed E-state index contributed by atoms with van der Waals surface area (Å²) in [5.41, 5.74) is 5.66. The van der Waals surface area contributed by atoms with Crippen LogP contribution in [-0.4, -0.2) is 9.97 Å². The monoisotopic (exact) mass is 1070 g/mol. The van der Waals surface area contributed by atoms with Crippen molar-refractivity contribution < 1.29 is 46.5 Å². The number of nitrogens with zero attached hydrogens (tertiary/aromatic N) is 2. The fraction of sp³-hybridized carbons (Fsp3) is 0.156. The SMILES string of the molecule is [2H]C([2H])([2H])c1cc(-c2cc(-c3[c-]ccc4c3oc3cc5c(ccc6ccccc65)cc34)ncc2C([2H])([2H])[2H])c(C([2H])([2H])[2H])cc1-c1ccc(C2([2H])CCCC2)cc1.[2H]C([2H])([2H])c1ccc(-c2[c-]cc(C([2H])([2H])[2H])c(-c3ccccc3)c2)nc1.[Ir]. The molecule has 1 saturated carbocycles. The molecule has 3 aromatic heterocycles. The van der Waals surface area contributed by atoms with Crippen LogP contribution < -0.4 is 0 Å². The van der Waals surface area contributed by atoms with Gasteiger partial charge in [0.2, 0.25) is 0 Å². The summed E-state index contributed by atoms with van der Waals surface area (Å²) in [5, 5.41) is 5.93. The molecule has 1 fully saturated rings. The standard InChI is InChI=1S/C45H36NO.C19H16N.Ir/c1-27-22-39(28(2)21-38(27)33-17-15-31(16-18-33)30-9-4-5-10-30)40-24-43(46-26-29(40)3)37-14-8-13-36-42-23-34-20-19-32-11-6-7-12-35(32)41(34)25-44(42)47-45(36)37;1-14-8-11-19(20-13-14)17-10-9-15(2)18(12-17)16-6-4-3-5-7-16;/h6-8,11-13,15-26,30H,4-5,9-10H2,1-3H3;3-9,11-13H,1-2H3;/q2*-1;/i1D3,2D3,3D3,30D;1D3,2D3;. The van der Waals surface area contributed by atoms with Crippen LogP contribution in [0.2, 0.25) is 0 Å². The van der Waals surface area contributed by atoms with Crippen LogP contribution in [0.4, 0.5) is 0 Å². The first-order chi connectivity index (χ1) is 39.2. The minimum absolute atomic E-state index is 0. The second kappa shape index (κ2) is 19.0. The number of furan rings is 1. The van der Waals surface area contributed by atoms with Crippen LogP contribution in [-0.2, 0) is 20.1 Å². The fourth-order valence-electron chi connectivity index (χ4n) is 9.33. The Morgan fingerprint density at radius 2 is 1.26 bits per heavy atom. The molecule has 335 valence electrons. The third kappa shape index (κ3) is 8.60. The van der Waals surface area contributed by atoms with Crippen molar-refractivity contribution in [2.45, 2.75) is 65.8 Å². The van der Waals surface area contributed by atoms with E-state index in [1.54, 1.807) is 30.3 Å². The molecule has 12 rings (SSSR count). The molecule has 0 unspecified atom stereocenters. The zero-order valence-corrected chi connectivity index (χ0v) is 39.0. The second-order valence-electron chi connectivity index (χ2n) is 17.0. The molecule has 1 aliphatic rings. The Balaban J connectivity index is 0.000000244. The predicted molar refractivity (Wildman–Crippen MR) is 281 cm³/mol. The summed E-state index contributed by atoms with van der Waals surface area (Å²) in [5.74, 6) is -0.711. The summed E-state index contributed by atoms with van der Waals surface area (Å²) >= 11 is 0. The Bertz CT molecular complexity index is 4250. The van der Waals surface area contributed by atoms with E-state index < -0.39 is 40.2 Å². The Kier molecular flexibility index (Phi) is 8.29. The van der Waals surface area contributed by atoms with Crippen molar-refractivity contribution in [2.24, 2.45) is 0 Å². The van der Waals surface area contributed by atoms with Gasteiger partial charge < -0.3 is 14.4 Å². The Morgan fingerprint density at radius 1 is 0.544 bits per heavy atom. The zero-order valence-electron chi connectivity index (χ0n) is 52.6. The number of aryl methyl sites for hydroxylation is 5. The zero-order chi connectivity index (χ0) is 59.0. The van der Waals surface area contributed by atoms with Gasteiger partial charge in [-0.3, -0.25) is 0 Å². The molecule has 1 aliphatic carbocycles. The number of rotatable bonds is 6. The van der Waals surface area contributed by atoms with E-state index in [0.29, 0.717) is 39.1 Å². The van der Waals surface area contributed by atoms with E-state index in [4.69, 9.17) is 26.3 Å². The van der Waals surface area contributed by atoms with Crippen molar-refractivity contribution in [1.29, 1.82) is 0 Å². The van der Waals surface area contributed by atoms with E-state index in [1.807, 2.05) is 66.7 Å². The maximum Gasteiger partial charge on any atom is 0.121 e. The second-order valence-corrected chi connectivity index (χ2v) is 17.0. The van der Waals surface area contributed by atoms with Crippen molar-refractivity contribution in [3.63, 3.8) is 0 Å². The number of benzene rings is 8. The van der Waals surface area contributed by atoms with Crippen molar-refractivity contribution in [1.82, 2.24) is 9.97 Å². The van der Waals surface area contributed by atoms with Gasteiger partial charge in [-0.15, -0.1) is 47.5 Å². The van der Waals surface area contributed by atoms with Gasteiger partial charge in [0.05, 0.1) is 5.58 Å². The van der Waals surface area contributed by atoms with Gasteiger partial charge in [0.15, 0.2) is 0 Å². The molecule has 0 atom stereocenters.